The summed E-state index contributed by atoms with van der Waals surface area (Å²) in [6, 6.07) is 14.1. The molecule has 0 fully saturated rings. The molecule has 26 heavy (non-hydrogen) atoms. The Kier molecular flexibility index (Phi) is 6.06. The maximum atomic E-state index is 12.3. The quantitative estimate of drug-likeness (QED) is 0.755. The predicted molar refractivity (Wildman–Crippen MR) is 104 cm³/mol. The van der Waals surface area contributed by atoms with Crippen molar-refractivity contribution in [3.05, 3.63) is 53.6 Å². The minimum atomic E-state index is -0.0914. The molecule has 0 spiro atoms. The molecule has 0 saturated carbocycles. The fourth-order valence-corrected chi connectivity index (χ4v) is 3.30. The van der Waals surface area contributed by atoms with Crippen LogP contribution in [0.3, 0.4) is 0 Å². The molecular weight excluding hydrogens is 348 g/mol. The Morgan fingerprint density at radius 3 is 2.65 bits per heavy atom. The van der Waals surface area contributed by atoms with Crippen molar-refractivity contribution < 1.29 is 14.3 Å². The highest BCUT2D eigenvalue weighted by atomic mass is 32.2. The van der Waals surface area contributed by atoms with Crippen molar-refractivity contribution in [1.29, 1.82) is 0 Å². The normalized spacial score (nSPS) is 13.7. The largest absolute Gasteiger partial charge is 0.454 e. The van der Waals surface area contributed by atoms with E-state index in [0.717, 1.165) is 23.6 Å². The molecule has 2 aromatic carbocycles. The summed E-state index contributed by atoms with van der Waals surface area (Å²) in [4.78, 5) is 15.6. The molecule has 5 nitrogen and oxygen atoms in total. The number of nitrogens with one attached hydrogen (secondary N) is 1. The lowest BCUT2D eigenvalue weighted by atomic mass is 10.1. The third kappa shape index (κ3) is 4.71. The first kappa shape index (κ1) is 18.6. The fourth-order valence-electron chi connectivity index (χ4n) is 2.90. The van der Waals surface area contributed by atoms with E-state index in [1.54, 1.807) is 11.8 Å². The number of hydrogen-bond acceptors (Lipinski definition) is 5. The van der Waals surface area contributed by atoms with Crippen molar-refractivity contribution in [2.45, 2.75) is 24.4 Å². The topological polar surface area (TPSA) is 50.8 Å². The lowest BCUT2D eigenvalue weighted by Crippen LogP contribution is -2.36. The van der Waals surface area contributed by atoms with Crippen LogP contribution >= 0.6 is 11.8 Å². The summed E-state index contributed by atoms with van der Waals surface area (Å²) in [7, 11) is 1.95. The van der Waals surface area contributed by atoms with Crippen LogP contribution in [-0.2, 0) is 11.3 Å². The molecule has 0 radical (unpaired) electrons. The van der Waals surface area contributed by atoms with Crippen LogP contribution in [-0.4, -0.2) is 37.4 Å². The van der Waals surface area contributed by atoms with Crippen molar-refractivity contribution >= 4 is 17.7 Å². The zero-order valence-corrected chi connectivity index (χ0v) is 16.1. The van der Waals surface area contributed by atoms with Crippen molar-refractivity contribution in [1.82, 2.24) is 10.2 Å². The van der Waals surface area contributed by atoms with Crippen molar-refractivity contribution in [3.8, 4) is 11.5 Å². The van der Waals surface area contributed by atoms with Crippen LogP contribution in [0.2, 0.25) is 0 Å². The first-order chi connectivity index (χ1) is 12.5. The van der Waals surface area contributed by atoms with Gasteiger partial charge in [0.25, 0.3) is 0 Å². The van der Waals surface area contributed by atoms with E-state index in [4.69, 9.17) is 9.47 Å². The standard InChI is InChI=1S/C20H24N2O3S/c1-14(16-6-9-18-19(10-16)25-13-24-18)21-20(23)12-22(2)11-15-4-7-17(26-3)8-5-15/h4-10,14H,11-13H2,1-3H3,(H,21,23)/t14-/m1/s1. The van der Waals surface area contributed by atoms with Gasteiger partial charge in [-0.15, -0.1) is 11.8 Å². The molecule has 2 aromatic rings. The third-order valence-corrected chi connectivity index (χ3v) is 5.04. The Morgan fingerprint density at radius 1 is 1.19 bits per heavy atom. The average molecular weight is 372 g/mol. The first-order valence-electron chi connectivity index (χ1n) is 8.55. The lowest BCUT2D eigenvalue weighted by molar-refractivity contribution is -0.122. The average Bonchev–Trinajstić information content (AvgIpc) is 3.09. The third-order valence-electron chi connectivity index (χ3n) is 4.30. The highest BCUT2D eigenvalue weighted by molar-refractivity contribution is 7.98. The molecule has 1 aliphatic rings. The molecule has 1 amide bonds. The van der Waals surface area contributed by atoms with Crippen LogP contribution in [0.5, 0.6) is 11.5 Å². The minimum absolute atomic E-state index is 0.00148. The number of benzene rings is 2. The lowest BCUT2D eigenvalue weighted by Gasteiger charge is -2.19. The molecule has 1 atom stereocenters. The van der Waals surface area contributed by atoms with Crippen LogP contribution < -0.4 is 14.8 Å². The number of likely N-dealkylation sites (N-methyl/N-ethyl adjacent to an activating group) is 1. The van der Waals surface area contributed by atoms with Crippen LogP contribution in [0.1, 0.15) is 24.1 Å². The summed E-state index contributed by atoms with van der Waals surface area (Å²) in [5, 5.41) is 3.04. The zero-order valence-electron chi connectivity index (χ0n) is 15.3. The summed E-state index contributed by atoms with van der Waals surface area (Å²) in [6.45, 7) is 3.30. The summed E-state index contributed by atoms with van der Waals surface area (Å²) < 4.78 is 10.7. The molecule has 6 heteroatoms. The molecule has 0 saturated heterocycles. The SMILES string of the molecule is CSc1ccc(CN(C)CC(=O)N[C@H](C)c2ccc3c(c2)OCO3)cc1. The van der Waals surface area contributed by atoms with Gasteiger partial charge in [0.2, 0.25) is 12.7 Å². The van der Waals surface area contributed by atoms with Gasteiger partial charge in [0.1, 0.15) is 0 Å². The van der Waals surface area contributed by atoms with E-state index in [1.165, 1.54) is 10.5 Å². The number of amides is 1. The van der Waals surface area contributed by atoms with Gasteiger partial charge in [-0.25, -0.2) is 0 Å². The Bertz CT molecular complexity index is 764. The summed E-state index contributed by atoms with van der Waals surface area (Å²) in [5.74, 6) is 1.48. The number of nitrogens with zero attached hydrogens (tertiary/aromatic N) is 1. The molecule has 1 N–H and O–H groups in total. The molecule has 0 aliphatic carbocycles. The Labute approximate surface area is 158 Å². The van der Waals surface area contributed by atoms with E-state index < -0.39 is 0 Å². The molecule has 138 valence electrons. The number of carbonyl (C=O) groups is 1. The van der Waals surface area contributed by atoms with Gasteiger partial charge >= 0.3 is 0 Å². The fraction of sp³-hybridized carbons (Fsp3) is 0.350. The van der Waals surface area contributed by atoms with E-state index in [9.17, 15) is 4.79 Å². The second-order valence-corrected chi connectivity index (χ2v) is 7.30. The Hall–Kier alpha value is -2.18. The molecule has 3 rings (SSSR count). The zero-order chi connectivity index (χ0) is 18.5. The van der Waals surface area contributed by atoms with Gasteiger partial charge in [0.15, 0.2) is 11.5 Å². The summed E-state index contributed by atoms with van der Waals surface area (Å²) >= 11 is 1.72. The van der Waals surface area contributed by atoms with Crippen molar-refractivity contribution in [2.24, 2.45) is 0 Å². The Morgan fingerprint density at radius 2 is 1.92 bits per heavy atom. The molecular formula is C20H24N2O3S. The monoisotopic (exact) mass is 372 g/mol. The second kappa shape index (κ2) is 8.47. The Balaban J connectivity index is 1.50. The van der Waals surface area contributed by atoms with E-state index >= 15 is 0 Å². The summed E-state index contributed by atoms with van der Waals surface area (Å²) in [6.07, 6.45) is 2.06. The van der Waals surface area contributed by atoms with Gasteiger partial charge in [0, 0.05) is 11.4 Å². The molecule has 0 aromatic heterocycles. The first-order valence-corrected chi connectivity index (χ1v) is 9.78. The van der Waals surface area contributed by atoms with Gasteiger partial charge in [-0.2, -0.15) is 0 Å². The maximum Gasteiger partial charge on any atom is 0.234 e. The minimum Gasteiger partial charge on any atom is -0.454 e. The van der Waals surface area contributed by atoms with Crippen LogP contribution in [0.25, 0.3) is 0 Å². The molecule has 0 unspecified atom stereocenters. The highest BCUT2D eigenvalue weighted by Crippen LogP contribution is 2.34. The molecule has 0 bridgehead atoms. The van der Waals surface area contributed by atoms with E-state index in [0.29, 0.717) is 6.54 Å². The van der Waals surface area contributed by atoms with Gasteiger partial charge in [-0.3, -0.25) is 9.69 Å². The van der Waals surface area contributed by atoms with Gasteiger partial charge in [-0.1, -0.05) is 18.2 Å². The smallest absolute Gasteiger partial charge is 0.234 e. The maximum absolute atomic E-state index is 12.3. The van der Waals surface area contributed by atoms with E-state index in [1.807, 2.05) is 37.1 Å². The van der Waals surface area contributed by atoms with Crippen LogP contribution in [0.4, 0.5) is 0 Å². The van der Waals surface area contributed by atoms with Gasteiger partial charge in [0.05, 0.1) is 12.6 Å². The van der Waals surface area contributed by atoms with Gasteiger partial charge in [-0.05, 0) is 55.6 Å². The predicted octanol–water partition coefficient (Wildman–Crippen LogP) is 3.45. The number of thioether (sulfide) groups is 1. The highest BCUT2D eigenvalue weighted by Gasteiger charge is 2.17. The van der Waals surface area contributed by atoms with E-state index in [2.05, 4.69) is 35.8 Å². The van der Waals surface area contributed by atoms with E-state index in [-0.39, 0.29) is 18.7 Å². The van der Waals surface area contributed by atoms with Crippen molar-refractivity contribution in [2.75, 3.05) is 26.6 Å². The number of rotatable bonds is 7. The van der Waals surface area contributed by atoms with Crippen LogP contribution in [0, 0.1) is 0 Å². The van der Waals surface area contributed by atoms with Crippen molar-refractivity contribution in [3.63, 3.8) is 0 Å². The second-order valence-electron chi connectivity index (χ2n) is 6.42. The molecule has 1 heterocycles. The molecule has 1 aliphatic heterocycles. The summed E-state index contributed by atoms with van der Waals surface area (Å²) in [5.41, 5.74) is 2.19. The number of fused-ring (bicyclic) bond motifs is 1. The number of carbonyl (C=O) groups excluding carboxylic acids is 1. The van der Waals surface area contributed by atoms with Gasteiger partial charge < -0.3 is 14.8 Å². The number of hydrogen-bond donors (Lipinski definition) is 1. The number of ether oxygens (including phenoxy) is 2. The van der Waals surface area contributed by atoms with Crippen LogP contribution in [0.15, 0.2) is 47.4 Å².